The van der Waals surface area contributed by atoms with Crippen LogP contribution in [0.2, 0.25) is 5.02 Å². The minimum absolute atomic E-state index is 0.224. The number of nitrogens with one attached hydrogen (secondary N) is 1. The third-order valence-corrected chi connectivity index (χ3v) is 4.76. The topological polar surface area (TPSA) is 15.3 Å². The predicted octanol–water partition coefficient (Wildman–Crippen LogP) is 4.01. The lowest BCUT2D eigenvalue weighted by Gasteiger charge is -2.37. The third kappa shape index (κ3) is 3.06. The van der Waals surface area contributed by atoms with Crippen molar-refractivity contribution in [1.82, 2.24) is 5.32 Å². The van der Waals surface area contributed by atoms with Crippen LogP contribution in [0.5, 0.6) is 0 Å². The number of benzene rings is 1. The largest absolute Gasteiger partial charge is 0.368 e. The summed E-state index contributed by atoms with van der Waals surface area (Å²) in [4.78, 5) is 2.48. The molecule has 0 atom stereocenters. The second-order valence-corrected chi connectivity index (χ2v) is 6.00. The maximum absolute atomic E-state index is 6.43. The van der Waals surface area contributed by atoms with Crippen LogP contribution in [-0.2, 0) is 0 Å². The standard InChI is InChI=1S/C16H25ClN2/c1-4-16(5-2)12-19(11-7-10-18-16)15-13(3)8-6-9-14(15)17/h6,8-9,18H,4-5,7,10-12H2,1-3H3. The summed E-state index contributed by atoms with van der Waals surface area (Å²) in [5.41, 5.74) is 2.72. The van der Waals surface area contributed by atoms with Gasteiger partial charge in [0.05, 0.1) is 10.7 Å². The molecule has 1 heterocycles. The Morgan fingerprint density at radius 3 is 2.68 bits per heavy atom. The normalized spacial score (nSPS) is 19.3. The van der Waals surface area contributed by atoms with Gasteiger partial charge in [0.2, 0.25) is 0 Å². The Balaban J connectivity index is 2.33. The van der Waals surface area contributed by atoms with Gasteiger partial charge >= 0.3 is 0 Å². The van der Waals surface area contributed by atoms with Gasteiger partial charge in [-0.25, -0.2) is 0 Å². The highest BCUT2D eigenvalue weighted by Crippen LogP contribution is 2.32. The highest BCUT2D eigenvalue weighted by molar-refractivity contribution is 6.33. The molecule has 1 aromatic rings. The molecular formula is C16H25ClN2. The number of aryl methyl sites for hydroxylation is 1. The van der Waals surface area contributed by atoms with E-state index in [1.54, 1.807) is 0 Å². The lowest BCUT2D eigenvalue weighted by atomic mass is 9.92. The molecule has 2 rings (SSSR count). The molecule has 1 saturated heterocycles. The number of hydrogen-bond donors (Lipinski definition) is 1. The van der Waals surface area contributed by atoms with Gasteiger partial charge in [-0.05, 0) is 44.4 Å². The maximum Gasteiger partial charge on any atom is 0.0642 e. The summed E-state index contributed by atoms with van der Waals surface area (Å²) in [7, 11) is 0. The second kappa shape index (κ2) is 6.15. The van der Waals surface area contributed by atoms with E-state index in [2.05, 4.69) is 37.1 Å². The number of anilines is 1. The Morgan fingerprint density at radius 1 is 1.32 bits per heavy atom. The monoisotopic (exact) mass is 280 g/mol. The SMILES string of the molecule is CCC1(CC)CN(c2c(C)cccc2Cl)CCCN1. The molecule has 0 bridgehead atoms. The number of halogens is 1. The maximum atomic E-state index is 6.43. The summed E-state index contributed by atoms with van der Waals surface area (Å²) in [5, 5.41) is 4.63. The van der Waals surface area contributed by atoms with Gasteiger partial charge in [-0.3, -0.25) is 0 Å². The molecule has 0 aliphatic carbocycles. The quantitative estimate of drug-likeness (QED) is 0.900. The van der Waals surface area contributed by atoms with Crippen molar-refractivity contribution < 1.29 is 0 Å². The van der Waals surface area contributed by atoms with Crippen molar-refractivity contribution in [3.63, 3.8) is 0 Å². The van der Waals surface area contributed by atoms with Crippen molar-refractivity contribution in [3.8, 4) is 0 Å². The molecule has 0 saturated carbocycles. The lowest BCUT2D eigenvalue weighted by Crippen LogP contribution is -2.50. The average Bonchev–Trinajstić information content (AvgIpc) is 2.62. The number of hydrogen-bond acceptors (Lipinski definition) is 2. The van der Waals surface area contributed by atoms with Gasteiger partial charge in [0.15, 0.2) is 0 Å². The molecule has 106 valence electrons. The molecule has 0 radical (unpaired) electrons. The first-order valence-corrected chi connectivity index (χ1v) is 7.75. The van der Waals surface area contributed by atoms with Crippen molar-refractivity contribution in [1.29, 1.82) is 0 Å². The molecule has 1 fully saturated rings. The minimum atomic E-state index is 0.224. The molecule has 19 heavy (non-hydrogen) atoms. The smallest absolute Gasteiger partial charge is 0.0642 e. The van der Waals surface area contributed by atoms with Crippen LogP contribution in [0.4, 0.5) is 5.69 Å². The molecule has 1 aromatic carbocycles. The first-order valence-electron chi connectivity index (χ1n) is 7.37. The molecular weight excluding hydrogens is 256 g/mol. The van der Waals surface area contributed by atoms with E-state index in [9.17, 15) is 0 Å². The van der Waals surface area contributed by atoms with E-state index in [4.69, 9.17) is 11.6 Å². The van der Waals surface area contributed by atoms with E-state index in [0.29, 0.717) is 0 Å². The van der Waals surface area contributed by atoms with Crippen molar-refractivity contribution >= 4 is 17.3 Å². The van der Waals surface area contributed by atoms with Crippen LogP contribution < -0.4 is 10.2 Å². The second-order valence-electron chi connectivity index (χ2n) is 5.59. The van der Waals surface area contributed by atoms with Crippen LogP contribution in [0, 0.1) is 6.92 Å². The van der Waals surface area contributed by atoms with Crippen molar-refractivity contribution in [2.45, 2.75) is 45.6 Å². The molecule has 2 nitrogen and oxygen atoms in total. The molecule has 0 unspecified atom stereocenters. The highest BCUT2D eigenvalue weighted by atomic mass is 35.5. The van der Waals surface area contributed by atoms with Crippen LogP contribution in [0.3, 0.4) is 0 Å². The zero-order chi connectivity index (χ0) is 13.9. The van der Waals surface area contributed by atoms with Crippen molar-refractivity contribution in [2.24, 2.45) is 0 Å². The molecule has 0 aromatic heterocycles. The third-order valence-electron chi connectivity index (χ3n) is 4.46. The van der Waals surface area contributed by atoms with E-state index in [1.807, 2.05) is 12.1 Å². The summed E-state index contributed by atoms with van der Waals surface area (Å²) in [6.45, 7) is 9.93. The van der Waals surface area contributed by atoms with Crippen LogP contribution in [0.1, 0.15) is 38.7 Å². The van der Waals surface area contributed by atoms with Gasteiger partial charge in [0.25, 0.3) is 0 Å². The Bertz CT molecular complexity index is 407. The predicted molar refractivity (Wildman–Crippen MR) is 84.3 cm³/mol. The summed E-state index contributed by atoms with van der Waals surface area (Å²) < 4.78 is 0. The van der Waals surface area contributed by atoms with Crippen molar-refractivity contribution in [3.05, 3.63) is 28.8 Å². The summed E-state index contributed by atoms with van der Waals surface area (Å²) in [6.07, 6.45) is 3.49. The van der Waals surface area contributed by atoms with E-state index >= 15 is 0 Å². The van der Waals surface area contributed by atoms with E-state index in [0.717, 1.165) is 37.5 Å². The van der Waals surface area contributed by atoms with Crippen LogP contribution in [-0.4, -0.2) is 25.2 Å². The Kier molecular flexibility index (Phi) is 4.75. The van der Waals surface area contributed by atoms with Crippen LogP contribution >= 0.6 is 11.6 Å². The van der Waals surface area contributed by atoms with E-state index in [-0.39, 0.29) is 5.54 Å². The minimum Gasteiger partial charge on any atom is -0.368 e. The fourth-order valence-electron chi connectivity index (χ4n) is 3.06. The Hall–Kier alpha value is -0.730. The van der Waals surface area contributed by atoms with Crippen LogP contribution in [0.25, 0.3) is 0 Å². The van der Waals surface area contributed by atoms with Crippen LogP contribution in [0.15, 0.2) is 18.2 Å². The first kappa shape index (κ1) is 14.7. The Morgan fingerprint density at radius 2 is 2.05 bits per heavy atom. The average molecular weight is 281 g/mol. The zero-order valence-corrected chi connectivity index (χ0v) is 13.1. The first-order chi connectivity index (χ1) is 9.12. The lowest BCUT2D eigenvalue weighted by molar-refractivity contribution is 0.321. The molecule has 1 aliphatic rings. The number of para-hydroxylation sites is 1. The molecule has 0 spiro atoms. The van der Waals surface area contributed by atoms with Crippen molar-refractivity contribution in [2.75, 3.05) is 24.5 Å². The van der Waals surface area contributed by atoms with Gasteiger partial charge in [-0.2, -0.15) is 0 Å². The number of rotatable bonds is 3. The van der Waals surface area contributed by atoms with Gasteiger partial charge < -0.3 is 10.2 Å². The molecule has 1 N–H and O–H groups in total. The summed E-state index contributed by atoms with van der Waals surface area (Å²) in [6, 6.07) is 6.19. The Labute approximate surface area is 122 Å². The van der Waals surface area contributed by atoms with E-state index in [1.165, 1.54) is 17.7 Å². The van der Waals surface area contributed by atoms with Gasteiger partial charge in [0.1, 0.15) is 0 Å². The molecule has 0 amide bonds. The number of nitrogens with zero attached hydrogens (tertiary/aromatic N) is 1. The van der Waals surface area contributed by atoms with Gasteiger partial charge in [0, 0.05) is 18.6 Å². The fourth-order valence-corrected chi connectivity index (χ4v) is 3.40. The summed E-state index contributed by atoms with van der Waals surface area (Å²) >= 11 is 6.43. The molecule has 1 aliphatic heterocycles. The summed E-state index contributed by atoms with van der Waals surface area (Å²) in [5.74, 6) is 0. The molecule has 3 heteroatoms. The highest BCUT2D eigenvalue weighted by Gasteiger charge is 2.31. The van der Waals surface area contributed by atoms with Gasteiger partial charge in [-0.1, -0.05) is 37.6 Å². The fraction of sp³-hybridized carbons (Fsp3) is 0.625. The van der Waals surface area contributed by atoms with Gasteiger partial charge in [-0.15, -0.1) is 0 Å². The van der Waals surface area contributed by atoms with E-state index < -0.39 is 0 Å². The zero-order valence-electron chi connectivity index (χ0n) is 12.3.